The molecule has 2 aromatic rings. The van der Waals surface area contributed by atoms with E-state index in [1.54, 1.807) is 41.5 Å². The molecule has 0 saturated carbocycles. The zero-order valence-electron chi connectivity index (χ0n) is 19.3. The van der Waals surface area contributed by atoms with Crippen molar-refractivity contribution >= 4 is 21.8 Å². The van der Waals surface area contributed by atoms with Crippen LogP contribution in [0.15, 0.2) is 9.42 Å². The number of rotatable bonds is 7. The van der Waals surface area contributed by atoms with Gasteiger partial charge in [-0.25, -0.2) is 13.2 Å². The highest BCUT2D eigenvalue weighted by Crippen LogP contribution is 2.26. The van der Waals surface area contributed by atoms with Gasteiger partial charge in [0.15, 0.2) is 11.5 Å². The molecule has 0 aromatic carbocycles. The Balaban J connectivity index is 1.72. The Hall–Kier alpha value is -2.50. The van der Waals surface area contributed by atoms with Gasteiger partial charge in [0.1, 0.15) is 10.6 Å². The lowest BCUT2D eigenvalue weighted by molar-refractivity contribution is 0.0525. The van der Waals surface area contributed by atoms with E-state index in [2.05, 4.69) is 10.1 Å². The number of aromatic nitrogens is 2. The molecule has 0 aliphatic carbocycles. The number of ether oxygens (including phenoxy) is 1. The lowest BCUT2D eigenvalue weighted by Gasteiger charge is -2.36. The lowest BCUT2D eigenvalue weighted by atomic mass is 10.0. The SMILES string of the molecule is CCOC(=O)c1c(C)[nH]c(C(=O)[C@@H](C)N2CCN(S(=O)(=O)c3c(C)noc3C)CC2)c1C. The molecule has 1 aliphatic rings. The molecule has 3 heterocycles. The van der Waals surface area contributed by atoms with Crippen LogP contribution >= 0.6 is 0 Å². The highest BCUT2D eigenvalue weighted by Gasteiger charge is 2.36. The number of hydrogen-bond donors (Lipinski definition) is 1. The van der Waals surface area contributed by atoms with E-state index in [1.807, 2.05) is 4.90 Å². The zero-order valence-corrected chi connectivity index (χ0v) is 20.1. The van der Waals surface area contributed by atoms with Crippen molar-refractivity contribution in [1.29, 1.82) is 0 Å². The Morgan fingerprint density at radius 1 is 1.16 bits per heavy atom. The van der Waals surface area contributed by atoms with Crippen molar-refractivity contribution in [3.8, 4) is 0 Å². The Morgan fingerprint density at radius 2 is 1.78 bits per heavy atom. The van der Waals surface area contributed by atoms with E-state index in [0.29, 0.717) is 41.3 Å². The fourth-order valence-electron chi connectivity index (χ4n) is 4.18. The number of sulfonamides is 1. The molecule has 1 fully saturated rings. The average Bonchev–Trinajstić information content (AvgIpc) is 3.24. The maximum atomic E-state index is 13.2. The van der Waals surface area contributed by atoms with Crippen molar-refractivity contribution in [2.24, 2.45) is 0 Å². The molecular formula is C21H30N4O6S. The van der Waals surface area contributed by atoms with Crippen LogP contribution < -0.4 is 0 Å². The lowest BCUT2D eigenvalue weighted by Crippen LogP contribution is -2.53. The van der Waals surface area contributed by atoms with E-state index < -0.39 is 22.0 Å². The maximum absolute atomic E-state index is 13.2. The number of carbonyl (C=O) groups is 2. The van der Waals surface area contributed by atoms with Gasteiger partial charge in [0.25, 0.3) is 0 Å². The summed E-state index contributed by atoms with van der Waals surface area (Å²) < 4.78 is 37.5. The quantitative estimate of drug-likeness (QED) is 0.485. The van der Waals surface area contributed by atoms with E-state index >= 15 is 0 Å². The third kappa shape index (κ3) is 4.24. The van der Waals surface area contributed by atoms with Crippen LogP contribution in [0.5, 0.6) is 0 Å². The molecule has 1 saturated heterocycles. The van der Waals surface area contributed by atoms with Crippen LogP contribution in [0.25, 0.3) is 0 Å². The Morgan fingerprint density at radius 3 is 2.31 bits per heavy atom. The van der Waals surface area contributed by atoms with Gasteiger partial charge in [-0.3, -0.25) is 9.69 Å². The second kappa shape index (κ2) is 9.16. The Bertz CT molecular complexity index is 1110. The normalized spacial score (nSPS) is 16.8. The van der Waals surface area contributed by atoms with E-state index in [9.17, 15) is 18.0 Å². The first-order chi connectivity index (χ1) is 15.0. The molecule has 176 valence electrons. The summed E-state index contributed by atoms with van der Waals surface area (Å²) in [7, 11) is -3.72. The number of ketones is 1. The molecule has 11 heteroatoms. The number of hydrogen-bond acceptors (Lipinski definition) is 8. The molecule has 1 N–H and O–H groups in total. The van der Waals surface area contributed by atoms with Crippen molar-refractivity contribution < 1.29 is 27.3 Å². The van der Waals surface area contributed by atoms with E-state index in [4.69, 9.17) is 9.26 Å². The summed E-state index contributed by atoms with van der Waals surface area (Å²) >= 11 is 0. The minimum absolute atomic E-state index is 0.110. The minimum Gasteiger partial charge on any atom is -0.462 e. The Labute approximate surface area is 187 Å². The van der Waals surface area contributed by atoms with Gasteiger partial charge in [-0.05, 0) is 47.1 Å². The standard InChI is InChI=1S/C21H30N4O6S/c1-7-30-21(27)17-12(2)18(22-13(17)3)19(26)15(5)24-8-10-25(11-9-24)32(28,29)20-14(4)23-31-16(20)6/h15,22H,7-11H2,1-6H3/t15-/m1/s1. The van der Waals surface area contributed by atoms with Gasteiger partial charge in [0.2, 0.25) is 10.0 Å². The molecule has 32 heavy (non-hydrogen) atoms. The molecule has 2 aromatic heterocycles. The van der Waals surface area contributed by atoms with Crippen LogP contribution in [0, 0.1) is 27.7 Å². The van der Waals surface area contributed by atoms with E-state index in [1.165, 1.54) is 4.31 Å². The molecule has 0 spiro atoms. The third-order valence-corrected chi connectivity index (χ3v) is 8.07. The number of aromatic amines is 1. The first kappa shape index (κ1) is 24.1. The van der Waals surface area contributed by atoms with Gasteiger partial charge in [0, 0.05) is 31.9 Å². The van der Waals surface area contributed by atoms with Crippen LogP contribution in [0.4, 0.5) is 0 Å². The van der Waals surface area contributed by atoms with Gasteiger partial charge in [-0.2, -0.15) is 4.31 Å². The first-order valence-electron chi connectivity index (χ1n) is 10.6. The smallest absolute Gasteiger partial charge is 0.340 e. The zero-order chi connectivity index (χ0) is 23.8. The third-order valence-electron chi connectivity index (χ3n) is 5.93. The largest absolute Gasteiger partial charge is 0.462 e. The first-order valence-corrected chi connectivity index (χ1v) is 12.0. The number of carbonyl (C=O) groups excluding carboxylic acids is 2. The molecule has 1 aliphatic heterocycles. The molecular weight excluding hydrogens is 436 g/mol. The number of H-pyrrole nitrogens is 1. The topological polar surface area (TPSA) is 126 Å². The number of esters is 1. The van der Waals surface area contributed by atoms with Crippen molar-refractivity contribution in [3.63, 3.8) is 0 Å². The summed E-state index contributed by atoms with van der Waals surface area (Å²) in [5.74, 6) is -0.338. The van der Waals surface area contributed by atoms with Crippen LogP contribution in [-0.4, -0.2) is 78.3 Å². The van der Waals surface area contributed by atoms with Gasteiger partial charge in [-0.15, -0.1) is 0 Å². The Kier molecular flexibility index (Phi) is 6.91. The molecule has 0 unspecified atom stereocenters. The van der Waals surface area contributed by atoms with E-state index in [0.717, 1.165) is 0 Å². The van der Waals surface area contributed by atoms with E-state index in [-0.39, 0.29) is 36.1 Å². The summed E-state index contributed by atoms with van der Waals surface area (Å²) in [5.41, 5.74) is 2.26. The van der Waals surface area contributed by atoms with Gasteiger partial charge in [-0.1, -0.05) is 5.16 Å². The summed E-state index contributed by atoms with van der Waals surface area (Å²) in [6, 6.07) is -0.481. The molecule has 3 rings (SSSR count). The van der Waals surface area contributed by atoms with Crippen LogP contribution in [0.3, 0.4) is 0 Å². The average molecular weight is 467 g/mol. The minimum atomic E-state index is -3.72. The highest BCUT2D eigenvalue weighted by atomic mass is 32.2. The van der Waals surface area contributed by atoms with Crippen molar-refractivity contribution in [2.45, 2.75) is 52.5 Å². The van der Waals surface area contributed by atoms with Crippen LogP contribution in [0.1, 0.15) is 57.4 Å². The second-order valence-electron chi connectivity index (χ2n) is 7.98. The van der Waals surface area contributed by atoms with Gasteiger partial charge in [0.05, 0.1) is 23.9 Å². The summed E-state index contributed by atoms with van der Waals surface area (Å²) in [4.78, 5) is 30.5. The second-order valence-corrected chi connectivity index (χ2v) is 9.85. The summed E-state index contributed by atoms with van der Waals surface area (Å²) in [6.45, 7) is 11.7. The fourth-order valence-corrected chi connectivity index (χ4v) is 5.90. The predicted octanol–water partition coefficient (Wildman–Crippen LogP) is 1.99. The fraction of sp³-hybridized carbons (Fsp3) is 0.571. The number of piperazine rings is 1. The highest BCUT2D eigenvalue weighted by molar-refractivity contribution is 7.89. The number of nitrogens with zero attached hydrogens (tertiary/aromatic N) is 3. The van der Waals surface area contributed by atoms with Crippen LogP contribution in [-0.2, 0) is 14.8 Å². The van der Waals surface area contributed by atoms with Crippen LogP contribution in [0.2, 0.25) is 0 Å². The van der Waals surface area contributed by atoms with Gasteiger partial charge < -0.3 is 14.2 Å². The monoisotopic (exact) mass is 466 g/mol. The number of Topliss-reactive ketones (excluding diaryl/α,β-unsaturated/α-hetero) is 1. The summed E-state index contributed by atoms with van der Waals surface area (Å²) in [5, 5.41) is 3.75. The van der Waals surface area contributed by atoms with Crippen molar-refractivity contribution in [1.82, 2.24) is 19.3 Å². The molecule has 10 nitrogen and oxygen atoms in total. The molecule has 0 radical (unpaired) electrons. The molecule has 1 atom stereocenters. The number of aryl methyl sites for hydroxylation is 3. The molecule has 0 amide bonds. The maximum Gasteiger partial charge on any atom is 0.340 e. The van der Waals surface area contributed by atoms with Crippen molar-refractivity contribution in [2.75, 3.05) is 32.8 Å². The van der Waals surface area contributed by atoms with Crippen molar-refractivity contribution in [3.05, 3.63) is 34.0 Å². The number of nitrogens with one attached hydrogen (secondary N) is 1. The van der Waals surface area contributed by atoms with Gasteiger partial charge >= 0.3 is 5.97 Å². The predicted molar refractivity (Wildman–Crippen MR) is 116 cm³/mol. The summed E-state index contributed by atoms with van der Waals surface area (Å²) in [6.07, 6.45) is 0. The molecule has 0 bridgehead atoms.